The van der Waals surface area contributed by atoms with Gasteiger partial charge in [-0.25, -0.2) is 9.37 Å². The van der Waals surface area contributed by atoms with E-state index < -0.39 is 11.7 Å². The Bertz CT molecular complexity index is 619. The van der Waals surface area contributed by atoms with E-state index in [4.69, 9.17) is 16.3 Å². The van der Waals surface area contributed by atoms with Gasteiger partial charge in [-0.05, 0) is 30.5 Å². The minimum absolute atomic E-state index is 0.0272. The van der Waals surface area contributed by atoms with Crippen LogP contribution in [0.4, 0.5) is 4.39 Å². The Hall–Kier alpha value is -1.47. The fourth-order valence-corrected chi connectivity index (χ4v) is 2.29. The maximum atomic E-state index is 13.7. The first kappa shape index (κ1) is 14.9. The van der Waals surface area contributed by atoms with Crippen LogP contribution in [0.1, 0.15) is 23.2 Å². The van der Waals surface area contributed by atoms with E-state index in [0.29, 0.717) is 17.3 Å². The summed E-state index contributed by atoms with van der Waals surface area (Å²) in [5, 5.41) is 2.44. The highest BCUT2D eigenvalue weighted by molar-refractivity contribution is 9.11. The second-order valence-corrected chi connectivity index (χ2v) is 5.18. The van der Waals surface area contributed by atoms with E-state index in [9.17, 15) is 9.18 Å². The lowest BCUT2D eigenvalue weighted by molar-refractivity contribution is 0.0960. The van der Waals surface area contributed by atoms with E-state index >= 15 is 0 Å². The topological polar surface area (TPSA) is 64.1 Å². The molecule has 1 amide bonds. The lowest BCUT2D eigenvalue weighted by Crippen LogP contribution is -2.25. The fourth-order valence-electron chi connectivity index (χ4n) is 1.65. The normalized spacial score (nSPS) is 14.9. The third-order valence-electron chi connectivity index (χ3n) is 2.60. The van der Waals surface area contributed by atoms with Gasteiger partial charge >= 0.3 is 0 Å². The molecule has 0 aliphatic heterocycles. The van der Waals surface area contributed by atoms with Crippen LogP contribution >= 0.6 is 27.5 Å². The zero-order valence-corrected chi connectivity index (χ0v) is 12.8. The highest BCUT2D eigenvalue weighted by Gasteiger charge is 2.21. The van der Waals surface area contributed by atoms with Crippen LogP contribution in [-0.2, 0) is 0 Å². The average Bonchev–Trinajstić information content (AvgIpc) is 2.42. The van der Waals surface area contributed by atoms with Crippen molar-refractivity contribution < 1.29 is 13.9 Å². The van der Waals surface area contributed by atoms with Crippen molar-refractivity contribution in [1.29, 1.82) is 0 Å². The maximum absolute atomic E-state index is 13.7. The highest BCUT2D eigenvalue weighted by atomic mass is 79.9. The SMILES string of the molecule is COc1nc(Cl)ncc1C(=O)NC1=C(Br)CCC=C1F. The number of nitrogens with zero attached hydrogens (tertiary/aromatic N) is 2. The van der Waals surface area contributed by atoms with Gasteiger partial charge in [-0.2, -0.15) is 4.98 Å². The number of ether oxygens (including phenoxy) is 1. The summed E-state index contributed by atoms with van der Waals surface area (Å²) in [6, 6.07) is 0. The van der Waals surface area contributed by atoms with Crippen molar-refractivity contribution in [3.63, 3.8) is 0 Å². The molecule has 1 heterocycles. The van der Waals surface area contributed by atoms with E-state index in [0.717, 1.165) is 0 Å². The summed E-state index contributed by atoms with van der Waals surface area (Å²) in [7, 11) is 1.35. The summed E-state index contributed by atoms with van der Waals surface area (Å²) >= 11 is 8.86. The zero-order valence-electron chi connectivity index (χ0n) is 10.4. The number of carbonyl (C=O) groups is 1. The Morgan fingerprint density at radius 1 is 1.60 bits per heavy atom. The molecule has 0 spiro atoms. The Morgan fingerprint density at radius 3 is 3.00 bits per heavy atom. The molecule has 0 bridgehead atoms. The number of allylic oxidation sites excluding steroid dienone is 3. The van der Waals surface area contributed by atoms with Crippen LogP contribution in [0.25, 0.3) is 0 Å². The molecule has 0 saturated carbocycles. The number of amides is 1. The van der Waals surface area contributed by atoms with E-state index in [1.54, 1.807) is 0 Å². The molecule has 1 aromatic heterocycles. The molecule has 1 N–H and O–H groups in total. The third-order valence-corrected chi connectivity index (χ3v) is 3.57. The van der Waals surface area contributed by atoms with Crippen LogP contribution < -0.4 is 10.1 Å². The van der Waals surface area contributed by atoms with Crippen LogP contribution in [-0.4, -0.2) is 23.0 Å². The molecule has 0 saturated heterocycles. The van der Waals surface area contributed by atoms with E-state index in [-0.39, 0.29) is 22.4 Å². The van der Waals surface area contributed by atoms with Crippen LogP contribution in [0.2, 0.25) is 5.28 Å². The molecule has 20 heavy (non-hydrogen) atoms. The molecular weight excluding hydrogens is 353 g/mol. The summed E-state index contributed by atoms with van der Waals surface area (Å²) in [5.74, 6) is -1.03. The molecule has 0 atom stereocenters. The molecule has 0 unspecified atom stereocenters. The standard InChI is InChI=1S/C12H10BrClFN3O2/c1-20-11-6(5-16-12(14)18-11)10(19)17-9-7(13)3-2-4-8(9)15/h4-5H,2-3H2,1H3,(H,17,19). The monoisotopic (exact) mass is 361 g/mol. The first-order chi connectivity index (χ1) is 9.52. The highest BCUT2D eigenvalue weighted by Crippen LogP contribution is 2.29. The van der Waals surface area contributed by atoms with Crippen LogP contribution in [0.3, 0.4) is 0 Å². The number of halogens is 3. The fraction of sp³-hybridized carbons (Fsp3) is 0.250. The van der Waals surface area contributed by atoms with Gasteiger partial charge in [0, 0.05) is 10.7 Å². The quantitative estimate of drug-likeness (QED) is 0.839. The van der Waals surface area contributed by atoms with Crippen LogP contribution in [0.15, 0.2) is 28.3 Å². The lowest BCUT2D eigenvalue weighted by Gasteiger charge is -2.15. The van der Waals surface area contributed by atoms with Crippen molar-refractivity contribution >= 4 is 33.4 Å². The minimum Gasteiger partial charge on any atom is -0.480 e. The van der Waals surface area contributed by atoms with Crippen molar-refractivity contribution in [3.05, 3.63) is 39.1 Å². The van der Waals surface area contributed by atoms with Crippen molar-refractivity contribution in [2.24, 2.45) is 0 Å². The predicted octanol–water partition coefficient (Wildman–Crippen LogP) is 3.12. The number of carbonyl (C=O) groups excluding carboxylic acids is 1. The Labute approximate surface area is 128 Å². The molecule has 0 radical (unpaired) electrons. The van der Waals surface area contributed by atoms with Gasteiger partial charge < -0.3 is 10.1 Å². The van der Waals surface area contributed by atoms with Gasteiger partial charge in [0.15, 0.2) is 0 Å². The smallest absolute Gasteiger partial charge is 0.262 e. The van der Waals surface area contributed by atoms with Gasteiger partial charge in [0.25, 0.3) is 5.91 Å². The molecule has 1 aliphatic rings. The number of hydrogen-bond acceptors (Lipinski definition) is 4. The predicted molar refractivity (Wildman–Crippen MR) is 75.4 cm³/mol. The summed E-state index contributed by atoms with van der Waals surface area (Å²) < 4.78 is 19.3. The first-order valence-corrected chi connectivity index (χ1v) is 6.82. The molecule has 106 valence electrons. The lowest BCUT2D eigenvalue weighted by atomic mass is 10.1. The second-order valence-electron chi connectivity index (χ2n) is 3.89. The van der Waals surface area contributed by atoms with Crippen molar-refractivity contribution in [2.75, 3.05) is 7.11 Å². The average molecular weight is 363 g/mol. The van der Waals surface area contributed by atoms with Crippen LogP contribution in [0, 0.1) is 0 Å². The van der Waals surface area contributed by atoms with Gasteiger partial charge in [-0.15, -0.1) is 0 Å². The largest absolute Gasteiger partial charge is 0.480 e. The summed E-state index contributed by atoms with van der Waals surface area (Å²) in [6.07, 6.45) is 3.84. The maximum Gasteiger partial charge on any atom is 0.262 e. The van der Waals surface area contributed by atoms with Gasteiger partial charge in [-0.3, -0.25) is 4.79 Å². The van der Waals surface area contributed by atoms with Crippen LogP contribution in [0.5, 0.6) is 5.88 Å². The molecule has 1 aliphatic carbocycles. The van der Waals surface area contributed by atoms with Gasteiger partial charge in [0.05, 0.1) is 12.8 Å². The summed E-state index contributed by atoms with van der Waals surface area (Å²) in [4.78, 5) is 19.6. The Balaban J connectivity index is 2.27. The molecule has 5 nitrogen and oxygen atoms in total. The number of hydrogen-bond donors (Lipinski definition) is 1. The molecular formula is C12H10BrClFN3O2. The Morgan fingerprint density at radius 2 is 2.35 bits per heavy atom. The summed E-state index contributed by atoms with van der Waals surface area (Å²) in [6.45, 7) is 0. The number of rotatable bonds is 3. The third kappa shape index (κ3) is 3.16. The number of aromatic nitrogens is 2. The van der Waals surface area contributed by atoms with E-state index in [2.05, 4.69) is 31.2 Å². The summed E-state index contributed by atoms with van der Waals surface area (Å²) in [5.41, 5.74) is 0.182. The van der Waals surface area contributed by atoms with Gasteiger partial charge in [0.1, 0.15) is 11.4 Å². The van der Waals surface area contributed by atoms with Crippen molar-refractivity contribution in [3.8, 4) is 5.88 Å². The van der Waals surface area contributed by atoms with E-state index in [1.165, 1.54) is 19.4 Å². The zero-order chi connectivity index (χ0) is 14.7. The van der Waals surface area contributed by atoms with Crippen molar-refractivity contribution in [1.82, 2.24) is 15.3 Å². The molecule has 8 heteroatoms. The van der Waals surface area contributed by atoms with E-state index in [1.807, 2.05) is 0 Å². The number of nitrogens with one attached hydrogen (secondary N) is 1. The Kier molecular flexibility index (Phi) is 4.72. The molecule has 2 rings (SSSR count). The molecule has 0 fully saturated rings. The first-order valence-electron chi connectivity index (χ1n) is 5.65. The molecule has 1 aromatic rings. The van der Waals surface area contributed by atoms with Crippen molar-refractivity contribution in [2.45, 2.75) is 12.8 Å². The minimum atomic E-state index is -0.573. The van der Waals surface area contributed by atoms with Gasteiger partial charge in [0.2, 0.25) is 11.2 Å². The van der Waals surface area contributed by atoms with Gasteiger partial charge in [-0.1, -0.05) is 15.9 Å². The molecule has 0 aromatic carbocycles. The number of methoxy groups -OCH3 is 1. The second kappa shape index (κ2) is 6.32.